The molecule has 1 aromatic carbocycles. The summed E-state index contributed by atoms with van der Waals surface area (Å²) >= 11 is 1.13. The molecule has 0 aliphatic carbocycles. The first kappa shape index (κ1) is 18.2. The lowest BCUT2D eigenvalue weighted by Crippen LogP contribution is -2.22. The highest BCUT2D eigenvalue weighted by molar-refractivity contribution is 7.89. The summed E-state index contributed by atoms with van der Waals surface area (Å²) in [6.45, 7) is 1.90. The summed E-state index contributed by atoms with van der Waals surface area (Å²) in [4.78, 5) is 11.7. The summed E-state index contributed by atoms with van der Waals surface area (Å²) in [6.07, 6.45) is 4.02. The van der Waals surface area contributed by atoms with Crippen molar-refractivity contribution in [3.63, 3.8) is 0 Å². The van der Waals surface area contributed by atoms with Crippen molar-refractivity contribution in [2.75, 3.05) is 6.54 Å². The van der Waals surface area contributed by atoms with Crippen LogP contribution < -0.4 is 9.50 Å². The lowest BCUT2D eigenvalue weighted by molar-refractivity contribution is -0.118. The summed E-state index contributed by atoms with van der Waals surface area (Å²) in [7, 11) is -3.89. The monoisotopic (exact) mass is 391 g/mol. The van der Waals surface area contributed by atoms with Crippen LogP contribution in [0.15, 0.2) is 59.1 Å². The quantitative estimate of drug-likeness (QED) is 0.625. The van der Waals surface area contributed by atoms with E-state index in [2.05, 4.69) is 10.4 Å². The average Bonchev–Trinajstić information content (AvgIpc) is 3.27. The van der Waals surface area contributed by atoms with Gasteiger partial charge in [0.15, 0.2) is 4.21 Å². The Bertz CT molecular complexity index is 977. The molecule has 3 aromatic rings. The first-order chi connectivity index (χ1) is 12.4. The summed E-state index contributed by atoms with van der Waals surface area (Å²) < 4.78 is 31.8. The van der Waals surface area contributed by atoms with E-state index >= 15 is 0 Å². The molecule has 0 radical (unpaired) electrons. The molecule has 7 nitrogen and oxygen atoms in total. The van der Waals surface area contributed by atoms with Crippen LogP contribution >= 0.6 is 11.3 Å². The van der Waals surface area contributed by atoms with Gasteiger partial charge in [-0.25, -0.2) is 4.68 Å². The minimum absolute atomic E-state index is 0.115. The number of benzene rings is 1. The van der Waals surface area contributed by atoms with Gasteiger partial charge in [0.1, 0.15) is 5.75 Å². The highest BCUT2D eigenvalue weighted by Gasteiger charge is 2.19. The second kappa shape index (κ2) is 7.71. The van der Waals surface area contributed by atoms with Crippen molar-refractivity contribution < 1.29 is 17.4 Å². The van der Waals surface area contributed by atoms with Crippen LogP contribution in [0.3, 0.4) is 0 Å². The molecule has 0 fully saturated rings. The van der Waals surface area contributed by atoms with Crippen LogP contribution in [0.5, 0.6) is 5.75 Å². The third kappa shape index (κ3) is 4.50. The number of hydrogen-bond donors (Lipinski definition) is 1. The highest BCUT2D eigenvalue weighted by Crippen LogP contribution is 2.26. The molecule has 0 saturated carbocycles. The molecule has 0 spiro atoms. The van der Waals surface area contributed by atoms with Gasteiger partial charge < -0.3 is 9.50 Å². The Kier molecular flexibility index (Phi) is 5.38. The molecular weight excluding hydrogens is 374 g/mol. The second-order valence-electron chi connectivity index (χ2n) is 5.44. The van der Waals surface area contributed by atoms with Crippen molar-refractivity contribution in [2.24, 2.45) is 0 Å². The number of aromatic nitrogens is 2. The van der Waals surface area contributed by atoms with Crippen molar-refractivity contribution in [3.8, 4) is 11.4 Å². The van der Waals surface area contributed by atoms with Gasteiger partial charge in [-0.15, -0.1) is 11.3 Å². The minimum Gasteiger partial charge on any atom is -0.378 e. The fraction of sp³-hybridized carbons (Fsp3) is 0.176. The summed E-state index contributed by atoms with van der Waals surface area (Å²) in [5, 5.41) is 6.79. The fourth-order valence-corrected chi connectivity index (χ4v) is 4.48. The maximum absolute atomic E-state index is 12.4. The molecule has 0 bridgehead atoms. The molecule has 2 aromatic heterocycles. The number of carbonyl (C=O) groups is 1. The Labute approximate surface area is 155 Å². The molecule has 0 aliphatic rings. The molecule has 0 saturated heterocycles. The van der Waals surface area contributed by atoms with Crippen LogP contribution in [0.2, 0.25) is 0 Å². The molecule has 0 atom stereocenters. The van der Waals surface area contributed by atoms with Gasteiger partial charge in [0, 0.05) is 30.7 Å². The third-order valence-electron chi connectivity index (χ3n) is 3.44. The molecule has 136 valence electrons. The van der Waals surface area contributed by atoms with Gasteiger partial charge >= 0.3 is 10.1 Å². The average molecular weight is 391 g/mol. The van der Waals surface area contributed by atoms with Gasteiger partial charge in [-0.1, -0.05) is 0 Å². The van der Waals surface area contributed by atoms with Crippen LogP contribution in [0.25, 0.3) is 5.69 Å². The smallest absolute Gasteiger partial charge is 0.348 e. The second-order valence-corrected chi connectivity index (χ2v) is 8.38. The zero-order valence-corrected chi connectivity index (χ0v) is 15.6. The molecule has 2 heterocycles. The van der Waals surface area contributed by atoms with E-state index in [1.165, 1.54) is 13.0 Å². The van der Waals surface area contributed by atoms with E-state index in [-0.39, 0.29) is 15.9 Å². The number of amides is 1. The van der Waals surface area contributed by atoms with E-state index in [1.807, 2.05) is 0 Å². The number of carbonyl (C=O) groups excluding carboxylic acids is 1. The zero-order chi connectivity index (χ0) is 18.6. The van der Waals surface area contributed by atoms with Crippen LogP contribution in [-0.2, 0) is 21.3 Å². The number of nitrogens with zero attached hydrogens (tertiary/aromatic N) is 2. The van der Waals surface area contributed by atoms with Crippen LogP contribution in [-0.4, -0.2) is 30.7 Å². The van der Waals surface area contributed by atoms with Gasteiger partial charge in [-0.05, 0) is 48.9 Å². The third-order valence-corrected chi connectivity index (χ3v) is 6.28. The Balaban J connectivity index is 1.67. The van der Waals surface area contributed by atoms with Crippen molar-refractivity contribution in [3.05, 3.63) is 59.7 Å². The predicted molar refractivity (Wildman–Crippen MR) is 98.1 cm³/mol. The molecule has 1 amide bonds. The Hall–Kier alpha value is -2.65. The molecule has 9 heteroatoms. The molecule has 1 N–H and O–H groups in total. The van der Waals surface area contributed by atoms with Gasteiger partial charge in [0.2, 0.25) is 5.91 Å². The Morgan fingerprint density at radius 2 is 2.00 bits per heavy atom. The Morgan fingerprint density at radius 1 is 1.23 bits per heavy atom. The Morgan fingerprint density at radius 3 is 2.65 bits per heavy atom. The largest absolute Gasteiger partial charge is 0.378 e. The summed E-state index contributed by atoms with van der Waals surface area (Å²) in [5.41, 5.74) is 0.802. The van der Waals surface area contributed by atoms with Crippen LogP contribution in [0.4, 0.5) is 0 Å². The summed E-state index contributed by atoms with van der Waals surface area (Å²) in [6, 6.07) is 11.7. The van der Waals surface area contributed by atoms with E-state index in [0.717, 1.165) is 21.9 Å². The number of thiophene rings is 1. The normalized spacial score (nSPS) is 11.3. The molecule has 0 aliphatic heterocycles. The zero-order valence-electron chi connectivity index (χ0n) is 14.0. The van der Waals surface area contributed by atoms with E-state index in [0.29, 0.717) is 13.0 Å². The van der Waals surface area contributed by atoms with Gasteiger partial charge in [-0.3, -0.25) is 4.79 Å². The van der Waals surface area contributed by atoms with Gasteiger partial charge in [0.25, 0.3) is 0 Å². The van der Waals surface area contributed by atoms with E-state index in [1.54, 1.807) is 53.5 Å². The van der Waals surface area contributed by atoms with Crippen molar-refractivity contribution in [2.45, 2.75) is 17.6 Å². The summed E-state index contributed by atoms with van der Waals surface area (Å²) in [5.74, 6) is 0.116. The number of nitrogens with one attached hydrogen (secondary N) is 1. The minimum atomic E-state index is -3.89. The lowest BCUT2D eigenvalue weighted by atomic mass is 10.3. The maximum Gasteiger partial charge on any atom is 0.348 e. The van der Waals surface area contributed by atoms with E-state index in [4.69, 9.17) is 4.18 Å². The van der Waals surface area contributed by atoms with Crippen molar-refractivity contribution >= 4 is 27.4 Å². The number of rotatable bonds is 7. The van der Waals surface area contributed by atoms with Crippen LogP contribution in [0, 0.1) is 0 Å². The lowest BCUT2D eigenvalue weighted by Gasteiger charge is -2.06. The molecular formula is C17H17N3O4S2. The first-order valence-electron chi connectivity index (χ1n) is 7.82. The molecule has 0 unspecified atom stereocenters. The van der Waals surface area contributed by atoms with E-state index < -0.39 is 10.1 Å². The first-order valence-corrected chi connectivity index (χ1v) is 10.0. The molecule has 26 heavy (non-hydrogen) atoms. The van der Waals surface area contributed by atoms with E-state index in [9.17, 15) is 13.2 Å². The standard InChI is InChI=1S/C17H17N3O4S2/c1-13(21)18-11-9-16-7-8-17(25-16)26(22,23)24-15-5-3-14(4-6-15)20-12-2-10-19-20/h2-8,10,12H,9,11H2,1H3,(H,18,21). The predicted octanol–water partition coefficient (Wildman–Crippen LogP) is 2.38. The van der Waals surface area contributed by atoms with Crippen molar-refractivity contribution in [1.29, 1.82) is 0 Å². The van der Waals surface area contributed by atoms with Gasteiger partial charge in [-0.2, -0.15) is 13.5 Å². The molecule has 3 rings (SSSR count). The van der Waals surface area contributed by atoms with Crippen molar-refractivity contribution in [1.82, 2.24) is 15.1 Å². The SMILES string of the molecule is CC(=O)NCCc1ccc(S(=O)(=O)Oc2ccc(-n3cccn3)cc2)s1. The van der Waals surface area contributed by atoms with Gasteiger partial charge in [0.05, 0.1) is 5.69 Å². The van der Waals surface area contributed by atoms with Crippen LogP contribution in [0.1, 0.15) is 11.8 Å². The number of hydrogen-bond acceptors (Lipinski definition) is 6. The topological polar surface area (TPSA) is 90.3 Å². The highest BCUT2D eigenvalue weighted by atomic mass is 32.3. The fourth-order valence-electron chi connectivity index (χ4n) is 2.23. The maximum atomic E-state index is 12.4.